The Labute approximate surface area is 187 Å². The number of ether oxygens (including phenoxy) is 2. The molecule has 0 bridgehead atoms. The molecule has 0 fully saturated rings. The standard InChI is InChI=1S/C25H29NO6/c1-15(13-21(27)32-25(2,3)4)22(23(28)29)26-24(30)31-14-20-18-11-7-5-9-16(18)17-10-6-8-12-19(17)20/h5-12,15,20,22H,13-14H2,1-4H3,(H,26,30)(H,28,29)/t15?,22-/m0/s1. The number of carbonyl (C=O) groups is 3. The molecule has 0 saturated carbocycles. The second-order valence-corrected chi connectivity index (χ2v) is 9.05. The Hall–Kier alpha value is -3.35. The monoisotopic (exact) mass is 439 g/mol. The fourth-order valence-corrected chi connectivity index (χ4v) is 3.98. The number of carbonyl (C=O) groups excluding carboxylic acids is 2. The van der Waals surface area contributed by atoms with Crippen LogP contribution >= 0.6 is 0 Å². The predicted molar refractivity (Wildman–Crippen MR) is 119 cm³/mol. The van der Waals surface area contributed by atoms with Crippen LogP contribution in [0.3, 0.4) is 0 Å². The van der Waals surface area contributed by atoms with Crippen LogP contribution in [0, 0.1) is 5.92 Å². The van der Waals surface area contributed by atoms with Gasteiger partial charge in [-0.3, -0.25) is 4.79 Å². The topological polar surface area (TPSA) is 102 Å². The maximum atomic E-state index is 12.4. The van der Waals surface area contributed by atoms with Crippen molar-refractivity contribution in [3.8, 4) is 11.1 Å². The van der Waals surface area contributed by atoms with Crippen LogP contribution in [-0.4, -0.2) is 41.4 Å². The zero-order valence-electron chi connectivity index (χ0n) is 18.8. The number of hydrogen-bond acceptors (Lipinski definition) is 5. The lowest BCUT2D eigenvalue weighted by Crippen LogP contribution is -2.46. The highest BCUT2D eigenvalue weighted by molar-refractivity contribution is 5.82. The summed E-state index contributed by atoms with van der Waals surface area (Å²) in [7, 11) is 0. The van der Waals surface area contributed by atoms with Crippen molar-refractivity contribution in [2.45, 2.75) is 51.7 Å². The predicted octanol–water partition coefficient (Wildman–Crippen LogP) is 4.35. The summed E-state index contributed by atoms with van der Waals surface area (Å²) in [6, 6.07) is 14.6. The van der Waals surface area contributed by atoms with Gasteiger partial charge >= 0.3 is 18.0 Å². The van der Waals surface area contributed by atoms with Gasteiger partial charge in [0.15, 0.2) is 0 Å². The van der Waals surface area contributed by atoms with E-state index in [2.05, 4.69) is 5.32 Å². The Kier molecular flexibility index (Phi) is 6.87. The highest BCUT2D eigenvalue weighted by Gasteiger charge is 2.32. The number of carboxylic acids is 1. The Balaban J connectivity index is 1.63. The molecule has 1 amide bonds. The summed E-state index contributed by atoms with van der Waals surface area (Å²) in [5.41, 5.74) is 3.66. The van der Waals surface area contributed by atoms with Crippen molar-refractivity contribution in [3.05, 3.63) is 59.7 Å². The number of nitrogens with one attached hydrogen (secondary N) is 1. The van der Waals surface area contributed by atoms with Gasteiger partial charge in [-0.05, 0) is 48.9 Å². The fraction of sp³-hybridized carbons (Fsp3) is 0.400. The number of amides is 1. The molecule has 1 aliphatic rings. The minimum Gasteiger partial charge on any atom is -0.480 e. The molecule has 2 atom stereocenters. The molecule has 0 aromatic heterocycles. The molecule has 32 heavy (non-hydrogen) atoms. The van der Waals surface area contributed by atoms with Gasteiger partial charge in [-0.25, -0.2) is 9.59 Å². The molecule has 0 saturated heterocycles. The second kappa shape index (κ2) is 9.42. The highest BCUT2D eigenvalue weighted by atomic mass is 16.6. The molecule has 0 radical (unpaired) electrons. The SMILES string of the molecule is CC(CC(=O)OC(C)(C)C)[C@H](NC(=O)OCC1c2ccccc2-c2ccccc21)C(=O)O. The number of hydrogen-bond donors (Lipinski definition) is 2. The van der Waals surface area contributed by atoms with E-state index in [0.29, 0.717) is 0 Å². The van der Waals surface area contributed by atoms with E-state index in [1.165, 1.54) is 0 Å². The van der Waals surface area contributed by atoms with E-state index in [1.807, 2.05) is 48.5 Å². The third-order valence-electron chi connectivity index (χ3n) is 5.36. The quantitative estimate of drug-likeness (QED) is 0.622. The van der Waals surface area contributed by atoms with Gasteiger partial charge in [0.25, 0.3) is 0 Å². The number of alkyl carbamates (subject to hydrolysis) is 1. The molecule has 7 heteroatoms. The lowest BCUT2D eigenvalue weighted by atomic mass is 9.98. The van der Waals surface area contributed by atoms with E-state index in [4.69, 9.17) is 9.47 Å². The van der Waals surface area contributed by atoms with Crippen LogP contribution in [0.4, 0.5) is 4.79 Å². The van der Waals surface area contributed by atoms with Gasteiger partial charge in [0.1, 0.15) is 18.2 Å². The molecule has 170 valence electrons. The van der Waals surface area contributed by atoms with Gasteiger partial charge in [-0.2, -0.15) is 0 Å². The molecule has 0 aliphatic heterocycles. The smallest absolute Gasteiger partial charge is 0.407 e. The summed E-state index contributed by atoms with van der Waals surface area (Å²) in [6.07, 6.45) is -0.979. The molecule has 0 heterocycles. The molecular formula is C25H29NO6. The Bertz CT molecular complexity index is 964. The second-order valence-electron chi connectivity index (χ2n) is 9.05. The molecule has 7 nitrogen and oxygen atoms in total. The lowest BCUT2D eigenvalue weighted by molar-refractivity contribution is -0.156. The maximum Gasteiger partial charge on any atom is 0.407 e. The van der Waals surface area contributed by atoms with Gasteiger partial charge in [0.2, 0.25) is 0 Å². The summed E-state index contributed by atoms with van der Waals surface area (Å²) in [4.78, 5) is 36.2. The molecule has 1 aliphatic carbocycles. The fourth-order valence-electron chi connectivity index (χ4n) is 3.98. The number of rotatable bonds is 7. The molecular weight excluding hydrogens is 410 g/mol. The summed E-state index contributed by atoms with van der Waals surface area (Å²) in [5.74, 6) is -2.57. The van der Waals surface area contributed by atoms with Crippen LogP contribution in [0.5, 0.6) is 0 Å². The minimum absolute atomic E-state index is 0.0760. The van der Waals surface area contributed by atoms with E-state index in [0.717, 1.165) is 22.3 Å². The summed E-state index contributed by atoms with van der Waals surface area (Å²) >= 11 is 0. The van der Waals surface area contributed by atoms with Crippen molar-refractivity contribution in [1.82, 2.24) is 5.32 Å². The van der Waals surface area contributed by atoms with E-state index in [9.17, 15) is 19.5 Å². The first-order valence-electron chi connectivity index (χ1n) is 10.6. The molecule has 2 aromatic rings. The van der Waals surface area contributed by atoms with Crippen LogP contribution in [0.15, 0.2) is 48.5 Å². The Morgan fingerprint density at radius 3 is 2.03 bits per heavy atom. The van der Waals surface area contributed by atoms with Crippen LogP contribution in [0.1, 0.15) is 51.2 Å². The molecule has 3 rings (SSSR count). The van der Waals surface area contributed by atoms with Crippen LogP contribution in [0.25, 0.3) is 11.1 Å². The van der Waals surface area contributed by atoms with Gasteiger partial charge < -0.3 is 19.9 Å². The third-order valence-corrected chi connectivity index (χ3v) is 5.36. The average Bonchev–Trinajstić information content (AvgIpc) is 3.02. The zero-order chi connectivity index (χ0) is 23.5. The molecule has 1 unspecified atom stereocenters. The van der Waals surface area contributed by atoms with Crippen LogP contribution in [0.2, 0.25) is 0 Å². The Morgan fingerprint density at radius 2 is 1.53 bits per heavy atom. The molecule has 2 N–H and O–H groups in total. The van der Waals surface area contributed by atoms with Gasteiger partial charge in [0, 0.05) is 5.92 Å². The number of aliphatic carboxylic acids is 1. The summed E-state index contributed by atoms with van der Waals surface area (Å²) in [6.45, 7) is 6.86. The molecule has 0 spiro atoms. The van der Waals surface area contributed by atoms with E-state index in [-0.39, 0.29) is 18.9 Å². The van der Waals surface area contributed by atoms with Gasteiger partial charge in [-0.15, -0.1) is 0 Å². The number of esters is 1. The average molecular weight is 440 g/mol. The normalized spacial score (nSPS) is 14.6. The van der Waals surface area contributed by atoms with E-state index < -0.39 is 35.6 Å². The van der Waals surface area contributed by atoms with Crippen molar-refractivity contribution in [3.63, 3.8) is 0 Å². The summed E-state index contributed by atoms with van der Waals surface area (Å²) in [5, 5.41) is 11.9. The number of benzene rings is 2. The third kappa shape index (κ3) is 5.46. The van der Waals surface area contributed by atoms with E-state index in [1.54, 1.807) is 27.7 Å². The Morgan fingerprint density at radius 1 is 1.00 bits per heavy atom. The van der Waals surface area contributed by atoms with Crippen LogP contribution in [-0.2, 0) is 19.1 Å². The van der Waals surface area contributed by atoms with Crippen molar-refractivity contribution < 1.29 is 29.0 Å². The first kappa shape index (κ1) is 23.3. The number of carboxylic acid groups (broad SMARTS) is 1. The van der Waals surface area contributed by atoms with E-state index >= 15 is 0 Å². The first-order chi connectivity index (χ1) is 15.1. The maximum absolute atomic E-state index is 12.4. The number of fused-ring (bicyclic) bond motifs is 3. The largest absolute Gasteiger partial charge is 0.480 e. The van der Waals surface area contributed by atoms with Gasteiger partial charge in [-0.1, -0.05) is 55.5 Å². The lowest BCUT2D eigenvalue weighted by Gasteiger charge is -2.24. The van der Waals surface area contributed by atoms with Crippen LogP contribution < -0.4 is 5.32 Å². The van der Waals surface area contributed by atoms with Crippen molar-refractivity contribution >= 4 is 18.0 Å². The minimum atomic E-state index is -1.28. The van der Waals surface area contributed by atoms with Crippen molar-refractivity contribution in [1.29, 1.82) is 0 Å². The van der Waals surface area contributed by atoms with Gasteiger partial charge in [0.05, 0.1) is 6.42 Å². The summed E-state index contributed by atoms with van der Waals surface area (Å²) < 4.78 is 10.7. The van der Waals surface area contributed by atoms with Crippen molar-refractivity contribution in [2.24, 2.45) is 5.92 Å². The zero-order valence-corrected chi connectivity index (χ0v) is 18.8. The van der Waals surface area contributed by atoms with Crippen molar-refractivity contribution in [2.75, 3.05) is 6.61 Å². The molecule has 2 aromatic carbocycles. The first-order valence-corrected chi connectivity index (χ1v) is 10.6. The highest BCUT2D eigenvalue weighted by Crippen LogP contribution is 2.44.